The van der Waals surface area contributed by atoms with Crippen LogP contribution in [0.4, 0.5) is 0 Å². The van der Waals surface area contributed by atoms with Crippen molar-refractivity contribution in [3.05, 3.63) is 56.2 Å². The van der Waals surface area contributed by atoms with Crippen LogP contribution in [-0.4, -0.2) is 13.1 Å². The maximum atomic E-state index is 12.0. The van der Waals surface area contributed by atoms with Gasteiger partial charge in [0.05, 0.1) is 7.11 Å². The summed E-state index contributed by atoms with van der Waals surface area (Å²) in [7, 11) is 1.34. The van der Waals surface area contributed by atoms with Gasteiger partial charge in [0.25, 0.3) is 0 Å². The molecule has 0 aliphatic heterocycles. The van der Waals surface area contributed by atoms with E-state index in [1.165, 1.54) is 7.11 Å². The molecule has 0 bridgehead atoms. The third-order valence-corrected chi connectivity index (χ3v) is 4.32. The number of carbonyl (C=O) groups is 1. The predicted molar refractivity (Wildman–Crippen MR) is 82.4 cm³/mol. The summed E-state index contributed by atoms with van der Waals surface area (Å²) in [5, 5.41) is 5.99. The molecule has 0 saturated heterocycles. The number of benzene rings is 1. The quantitative estimate of drug-likeness (QED) is 0.840. The lowest BCUT2D eigenvalue weighted by Crippen LogP contribution is -2.29. The van der Waals surface area contributed by atoms with Crippen molar-refractivity contribution in [1.82, 2.24) is 5.32 Å². The Labute approximate surface area is 131 Å². The van der Waals surface area contributed by atoms with Crippen molar-refractivity contribution >= 4 is 40.5 Å². The summed E-state index contributed by atoms with van der Waals surface area (Å²) in [6, 6.07) is 8.39. The molecule has 0 fully saturated rings. The van der Waals surface area contributed by atoms with Crippen LogP contribution in [0, 0.1) is 0 Å². The van der Waals surface area contributed by atoms with Gasteiger partial charge in [0, 0.05) is 27.0 Å². The summed E-state index contributed by atoms with van der Waals surface area (Å²) in [6.07, 6.45) is 0. The number of carbonyl (C=O) groups excluding carboxylic acids is 1. The SMILES string of the molecule is COC(=O)C(NCc1cccs1)c1c(Cl)cccc1Cl. The molecule has 2 rings (SSSR count). The van der Waals surface area contributed by atoms with Crippen molar-refractivity contribution in [2.75, 3.05) is 7.11 Å². The van der Waals surface area contributed by atoms with Crippen molar-refractivity contribution < 1.29 is 9.53 Å². The molecule has 106 valence electrons. The third-order valence-electron chi connectivity index (χ3n) is 2.79. The zero-order valence-corrected chi connectivity index (χ0v) is 13.1. The first-order valence-electron chi connectivity index (χ1n) is 5.91. The van der Waals surface area contributed by atoms with Crippen LogP contribution in [0.3, 0.4) is 0 Å². The Morgan fingerprint density at radius 1 is 1.30 bits per heavy atom. The number of esters is 1. The van der Waals surface area contributed by atoms with Crippen molar-refractivity contribution in [2.24, 2.45) is 0 Å². The molecule has 1 heterocycles. The first kappa shape index (κ1) is 15.3. The molecule has 20 heavy (non-hydrogen) atoms. The van der Waals surface area contributed by atoms with Crippen molar-refractivity contribution in [3.8, 4) is 0 Å². The Hall–Kier alpha value is -1.07. The topological polar surface area (TPSA) is 38.3 Å². The number of halogens is 2. The van der Waals surface area contributed by atoms with Crippen LogP contribution in [0.1, 0.15) is 16.5 Å². The molecular formula is C14H13Cl2NO2S. The summed E-state index contributed by atoms with van der Waals surface area (Å²) in [5.41, 5.74) is 0.541. The van der Waals surface area contributed by atoms with Gasteiger partial charge in [-0.15, -0.1) is 11.3 Å². The van der Waals surface area contributed by atoms with Crippen LogP contribution in [0.25, 0.3) is 0 Å². The highest BCUT2D eigenvalue weighted by atomic mass is 35.5. The van der Waals surface area contributed by atoms with E-state index in [-0.39, 0.29) is 0 Å². The Bertz CT molecular complexity index is 567. The van der Waals surface area contributed by atoms with Crippen LogP contribution in [-0.2, 0) is 16.1 Å². The third kappa shape index (κ3) is 3.52. The van der Waals surface area contributed by atoms with E-state index in [9.17, 15) is 4.79 Å². The monoisotopic (exact) mass is 329 g/mol. The van der Waals surface area contributed by atoms with Crippen LogP contribution in [0.2, 0.25) is 10.0 Å². The highest BCUT2D eigenvalue weighted by Gasteiger charge is 2.25. The summed E-state index contributed by atoms with van der Waals surface area (Å²) >= 11 is 13.9. The Morgan fingerprint density at radius 2 is 2.00 bits per heavy atom. The fraction of sp³-hybridized carbons (Fsp3) is 0.214. The molecule has 1 N–H and O–H groups in total. The fourth-order valence-electron chi connectivity index (χ4n) is 1.82. The molecule has 1 unspecified atom stereocenters. The van der Waals surface area contributed by atoms with E-state index in [0.29, 0.717) is 22.2 Å². The van der Waals surface area contributed by atoms with Gasteiger partial charge in [-0.05, 0) is 23.6 Å². The van der Waals surface area contributed by atoms with E-state index in [0.717, 1.165) is 4.88 Å². The number of nitrogens with one attached hydrogen (secondary N) is 1. The molecule has 1 aromatic carbocycles. The lowest BCUT2D eigenvalue weighted by atomic mass is 10.1. The first-order chi connectivity index (χ1) is 9.63. The highest BCUT2D eigenvalue weighted by molar-refractivity contribution is 7.09. The zero-order valence-electron chi connectivity index (χ0n) is 10.7. The second kappa shape index (κ2) is 7.09. The number of hydrogen-bond acceptors (Lipinski definition) is 4. The van der Waals surface area contributed by atoms with Crippen molar-refractivity contribution in [1.29, 1.82) is 0 Å². The lowest BCUT2D eigenvalue weighted by molar-refractivity contribution is -0.143. The normalized spacial score (nSPS) is 12.2. The minimum atomic E-state index is -0.691. The van der Waals surface area contributed by atoms with Gasteiger partial charge in [-0.2, -0.15) is 0 Å². The molecule has 2 aromatic rings. The van der Waals surface area contributed by atoms with E-state index in [1.54, 1.807) is 29.5 Å². The fourth-order valence-corrected chi connectivity index (χ4v) is 3.09. The summed E-state index contributed by atoms with van der Waals surface area (Å²) in [5.74, 6) is -0.420. The number of methoxy groups -OCH3 is 1. The Morgan fingerprint density at radius 3 is 2.55 bits per heavy atom. The molecule has 3 nitrogen and oxygen atoms in total. The standard InChI is InChI=1S/C14H13Cl2NO2S/c1-19-14(18)13(17-8-9-4-3-7-20-9)12-10(15)5-2-6-11(12)16/h2-7,13,17H,8H2,1H3. The molecule has 6 heteroatoms. The summed E-state index contributed by atoms with van der Waals surface area (Å²) in [4.78, 5) is 13.1. The minimum Gasteiger partial charge on any atom is -0.468 e. The number of ether oxygens (including phenoxy) is 1. The molecular weight excluding hydrogens is 317 g/mol. The van der Waals surface area contributed by atoms with Crippen LogP contribution in [0.15, 0.2) is 35.7 Å². The molecule has 1 aromatic heterocycles. The van der Waals surface area contributed by atoms with Gasteiger partial charge in [0.2, 0.25) is 0 Å². The second-order valence-electron chi connectivity index (χ2n) is 4.05. The number of hydrogen-bond donors (Lipinski definition) is 1. The van der Waals surface area contributed by atoms with Gasteiger partial charge in [0.1, 0.15) is 6.04 Å². The van der Waals surface area contributed by atoms with Gasteiger partial charge in [-0.1, -0.05) is 35.3 Å². The average molecular weight is 330 g/mol. The second-order valence-corrected chi connectivity index (χ2v) is 5.90. The molecule has 0 saturated carbocycles. The van der Waals surface area contributed by atoms with E-state index in [1.807, 2.05) is 17.5 Å². The van der Waals surface area contributed by atoms with E-state index in [2.05, 4.69) is 5.32 Å². The van der Waals surface area contributed by atoms with Crippen LogP contribution < -0.4 is 5.32 Å². The molecule has 0 spiro atoms. The molecule has 0 radical (unpaired) electrons. The molecule has 1 atom stereocenters. The van der Waals surface area contributed by atoms with Gasteiger partial charge in [0.15, 0.2) is 0 Å². The maximum Gasteiger partial charge on any atom is 0.327 e. The highest BCUT2D eigenvalue weighted by Crippen LogP contribution is 2.31. The van der Waals surface area contributed by atoms with Gasteiger partial charge in [-0.3, -0.25) is 5.32 Å². The maximum absolute atomic E-state index is 12.0. The zero-order chi connectivity index (χ0) is 14.5. The Kier molecular flexibility index (Phi) is 5.43. The largest absolute Gasteiger partial charge is 0.468 e. The molecule has 0 aliphatic rings. The predicted octanol–water partition coefficient (Wildman–Crippen LogP) is 4.06. The van der Waals surface area contributed by atoms with Gasteiger partial charge < -0.3 is 4.74 Å². The molecule has 0 aliphatic carbocycles. The summed E-state index contributed by atoms with van der Waals surface area (Å²) in [6.45, 7) is 0.541. The smallest absolute Gasteiger partial charge is 0.327 e. The minimum absolute atomic E-state index is 0.420. The van der Waals surface area contributed by atoms with Gasteiger partial charge in [-0.25, -0.2) is 4.79 Å². The average Bonchev–Trinajstić information content (AvgIpc) is 2.94. The number of rotatable bonds is 5. The van der Waals surface area contributed by atoms with Gasteiger partial charge >= 0.3 is 5.97 Å². The lowest BCUT2D eigenvalue weighted by Gasteiger charge is -2.19. The van der Waals surface area contributed by atoms with Crippen LogP contribution in [0.5, 0.6) is 0 Å². The van der Waals surface area contributed by atoms with Crippen molar-refractivity contribution in [2.45, 2.75) is 12.6 Å². The Balaban J connectivity index is 2.25. The van der Waals surface area contributed by atoms with E-state index < -0.39 is 12.0 Å². The van der Waals surface area contributed by atoms with E-state index >= 15 is 0 Å². The van der Waals surface area contributed by atoms with Crippen molar-refractivity contribution in [3.63, 3.8) is 0 Å². The first-order valence-corrected chi connectivity index (χ1v) is 7.54. The molecule has 0 amide bonds. The summed E-state index contributed by atoms with van der Waals surface area (Å²) < 4.78 is 4.83. The number of thiophene rings is 1. The van der Waals surface area contributed by atoms with E-state index in [4.69, 9.17) is 27.9 Å². The van der Waals surface area contributed by atoms with Crippen LogP contribution >= 0.6 is 34.5 Å².